The number of aliphatic hydroxyl groups is 1. The molecule has 2 aliphatic carbocycles. The van der Waals surface area contributed by atoms with E-state index in [0.29, 0.717) is 19.3 Å². The first kappa shape index (κ1) is 24.5. The highest BCUT2D eigenvalue weighted by molar-refractivity contribution is 5.96. The lowest BCUT2D eigenvalue weighted by molar-refractivity contribution is -0.145. The second-order valence-electron chi connectivity index (χ2n) is 10.0. The maximum atomic E-state index is 13.5. The van der Waals surface area contributed by atoms with Crippen LogP contribution in [0.5, 0.6) is 0 Å². The van der Waals surface area contributed by atoms with Gasteiger partial charge in [-0.15, -0.1) is 0 Å². The molecule has 34 heavy (non-hydrogen) atoms. The van der Waals surface area contributed by atoms with Crippen LogP contribution in [-0.2, 0) is 19.1 Å². The van der Waals surface area contributed by atoms with Crippen molar-refractivity contribution in [3.05, 3.63) is 12.2 Å². The van der Waals surface area contributed by atoms with Gasteiger partial charge in [-0.3, -0.25) is 9.59 Å². The molecule has 2 aliphatic heterocycles. The van der Waals surface area contributed by atoms with Crippen LogP contribution in [0.15, 0.2) is 12.2 Å². The van der Waals surface area contributed by atoms with Gasteiger partial charge in [0, 0.05) is 18.9 Å². The molecule has 3 amide bonds. The quantitative estimate of drug-likeness (QED) is 0.450. The van der Waals surface area contributed by atoms with Gasteiger partial charge in [0.15, 0.2) is 0 Å². The van der Waals surface area contributed by atoms with E-state index in [0.717, 1.165) is 44.9 Å². The maximum absolute atomic E-state index is 13.5. The van der Waals surface area contributed by atoms with Gasteiger partial charge in [-0.2, -0.15) is 0 Å². The fourth-order valence-corrected chi connectivity index (χ4v) is 5.41. The molecule has 10 nitrogen and oxygen atoms in total. The van der Waals surface area contributed by atoms with E-state index in [1.807, 2.05) is 12.2 Å². The first-order valence-electron chi connectivity index (χ1n) is 12.5. The van der Waals surface area contributed by atoms with E-state index in [1.165, 1.54) is 4.90 Å². The normalized spacial score (nSPS) is 35.9. The molecule has 2 heterocycles. The molecular weight excluding hydrogens is 442 g/mol. The summed E-state index contributed by atoms with van der Waals surface area (Å²) < 4.78 is 5.48. The Balaban J connectivity index is 1.51. The standard InChI is InChI=1S/C24H35N3O7/c28-16-12-19-20(29)26-24(22(31)32)13-15(24)8-4-2-1-3-5-11-18(21(30)27(19)14-16)25-23(33)34-17-9-6-7-10-17/h4,8,15-19,28H,1-3,5-7,9-14H2,(H,25,33)(H,26,29)(H,31,32)/b8-4-/t15-,16-,18+,19+,24-/m1/s1. The molecule has 5 atom stereocenters. The topological polar surface area (TPSA) is 145 Å². The third-order valence-corrected chi connectivity index (χ3v) is 7.51. The Kier molecular flexibility index (Phi) is 7.45. The van der Waals surface area contributed by atoms with Gasteiger partial charge in [-0.05, 0) is 51.4 Å². The summed E-state index contributed by atoms with van der Waals surface area (Å²) in [6, 6.07) is -1.87. The van der Waals surface area contributed by atoms with E-state index in [-0.39, 0.29) is 25.0 Å². The van der Waals surface area contributed by atoms with Gasteiger partial charge in [-0.25, -0.2) is 9.59 Å². The summed E-state index contributed by atoms with van der Waals surface area (Å²) in [6.45, 7) is -0.0455. The summed E-state index contributed by atoms with van der Waals surface area (Å²) in [6.07, 6.45) is 9.65. The Morgan fingerprint density at radius 2 is 1.85 bits per heavy atom. The number of aliphatic hydroxyl groups excluding tert-OH is 1. The number of carbonyl (C=O) groups excluding carboxylic acids is 3. The fraction of sp³-hybridized carbons (Fsp3) is 0.750. The number of carboxylic acid groups (broad SMARTS) is 1. The van der Waals surface area contributed by atoms with Crippen molar-refractivity contribution in [2.75, 3.05) is 6.54 Å². The van der Waals surface area contributed by atoms with E-state index >= 15 is 0 Å². The number of amides is 3. The van der Waals surface area contributed by atoms with Crippen molar-refractivity contribution in [2.45, 2.75) is 100 Å². The number of allylic oxidation sites excluding steroid dienone is 1. The van der Waals surface area contributed by atoms with Crippen LogP contribution in [-0.4, -0.2) is 75.4 Å². The Labute approximate surface area is 199 Å². The van der Waals surface area contributed by atoms with Gasteiger partial charge >= 0.3 is 12.1 Å². The minimum Gasteiger partial charge on any atom is -0.479 e. The zero-order valence-corrected chi connectivity index (χ0v) is 19.4. The van der Waals surface area contributed by atoms with Crippen LogP contribution in [0.25, 0.3) is 0 Å². The van der Waals surface area contributed by atoms with Gasteiger partial charge in [0.05, 0.1) is 6.10 Å². The second kappa shape index (κ2) is 10.3. The predicted octanol–water partition coefficient (Wildman–Crippen LogP) is 1.47. The Bertz CT molecular complexity index is 840. The third-order valence-electron chi connectivity index (χ3n) is 7.51. The molecule has 0 bridgehead atoms. The number of alkyl carbamates (subject to hydrolysis) is 1. The number of hydrogen-bond acceptors (Lipinski definition) is 6. The number of hydrogen-bond donors (Lipinski definition) is 4. The second-order valence-corrected chi connectivity index (χ2v) is 10.0. The van der Waals surface area contributed by atoms with E-state index < -0.39 is 47.6 Å². The number of nitrogens with one attached hydrogen (secondary N) is 2. The van der Waals surface area contributed by atoms with Crippen molar-refractivity contribution in [1.82, 2.24) is 15.5 Å². The van der Waals surface area contributed by atoms with Gasteiger partial charge in [0.25, 0.3) is 0 Å². The summed E-state index contributed by atoms with van der Waals surface area (Å²) in [5.41, 5.74) is -1.38. The zero-order valence-electron chi connectivity index (χ0n) is 19.4. The van der Waals surface area contributed by atoms with E-state index in [4.69, 9.17) is 4.74 Å². The molecular formula is C24H35N3O7. The highest BCUT2D eigenvalue weighted by Crippen LogP contribution is 2.45. The first-order valence-corrected chi connectivity index (χ1v) is 12.5. The molecule has 0 unspecified atom stereocenters. The lowest BCUT2D eigenvalue weighted by Crippen LogP contribution is -2.56. The average molecular weight is 478 g/mol. The van der Waals surface area contributed by atoms with Crippen LogP contribution in [0.2, 0.25) is 0 Å². The molecule has 0 aromatic carbocycles. The Morgan fingerprint density at radius 1 is 1.12 bits per heavy atom. The molecule has 3 fully saturated rings. The molecule has 2 saturated carbocycles. The largest absolute Gasteiger partial charge is 0.479 e. The number of fused-ring (bicyclic) bond motifs is 2. The van der Waals surface area contributed by atoms with Crippen molar-refractivity contribution >= 4 is 23.9 Å². The smallest absolute Gasteiger partial charge is 0.408 e. The summed E-state index contributed by atoms with van der Waals surface area (Å²) in [7, 11) is 0. The molecule has 4 rings (SSSR count). The van der Waals surface area contributed by atoms with Crippen LogP contribution in [0.4, 0.5) is 4.79 Å². The predicted molar refractivity (Wildman–Crippen MR) is 121 cm³/mol. The van der Waals surface area contributed by atoms with Gasteiger partial charge < -0.3 is 30.5 Å². The molecule has 4 aliphatic rings. The Morgan fingerprint density at radius 3 is 2.59 bits per heavy atom. The lowest BCUT2D eigenvalue weighted by atomic mass is 10.0. The minimum atomic E-state index is -1.38. The summed E-state index contributed by atoms with van der Waals surface area (Å²) >= 11 is 0. The molecule has 0 aromatic heterocycles. The van der Waals surface area contributed by atoms with Crippen LogP contribution < -0.4 is 10.6 Å². The van der Waals surface area contributed by atoms with Crippen molar-refractivity contribution < 1.29 is 34.1 Å². The summed E-state index contributed by atoms with van der Waals surface area (Å²) in [4.78, 5) is 52.3. The SMILES string of the molecule is O=C(N[C@H]1CCCCC/C=C\[C@@H]2C[C@@]2(C(=O)O)NC(=O)[C@@H]2C[C@@H](O)CN2C1=O)OC1CCCC1. The molecule has 188 valence electrons. The van der Waals surface area contributed by atoms with E-state index in [1.54, 1.807) is 0 Å². The fourth-order valence-electron chi connectivity index (χ4n) is 5.41. The molecule has 0 aromatic rings. The van der Waals surface area contributed by atoms with E-state index in [2.05, 4.69) is 10.6 Å². The van der Waals surface area contributed by atoms with Gasteiger partial charge in [-0.1, -0.05) is 25.0 Å². The highest BCUT2D eigenvalue weighted by atomic mass is 16.6. The molecule has 4 N–H and O–H groups in total. The summed E-state index contributed by atoms with van der Waals surface area (Å²) in [5.74, 6) is -2.45. The third kappa shape index (κ3) is 5.37. The van der Waals surface area contributed by atoms with Gasteiger partial charge in [0.1, 0.15) is 23.7 Å². The molecule has 1 saturated heterocycles. The van der Waals surface area contributed by atoms with Crippen LogP contribution in [0, 0.1) is 5.92 Å². The maximum Gasteiger partial charge on any atom is 0.408 e. The van der Waals surface area contributed by atoms with Crippen molar-refractivity contribution in [3.63, 3.8) is 0 Å². The molecule has 0 radical (unpaired) electrons. The van der Waals surface area contributed by atoms with Crippen molar-refractivity contribution in [3.8, 4) is 0 Å². The first-order chi connectivity index (χ1) is 16.3. The monoisotopic (exact) mass is 477 g/mol. The number of carboxylic acids is 1. The number of carbonyl (C=O) groups is 4. The highest BCUT2D eigenvalue weighted by Gasteiger charge is 2.61. The average Bonchev–Trinajstić information content (AvgIpc) is 3.10. The zero-order chi connectivity index (χ0) is 24.3. The number of nitrogens with zero attached hydrogens (tertiary/aromatic N) is 1. The molecule has 10 heteroatoms. The minimum absolute atomic E-state index is 0.0209. The lowest BCUT2D eigenvalue weighted by Gasteiger charge is -2.29. The van der Waals surface area contributed by atoms with Crippen LogP contribution >= 0.6 is 0 Å². The van der Waals surface area contributed by atoms with Crippen LogP contribution in [0.1, 0.15) is 70.6 Å². The number of rotatable bonds is 3. The van der Waals surface area contributed by atoms with Crippen molar-refractivity contribution in [2.24, 2.45) is 5.92 Å². The molecule has 0 spiro atoms. The summed E-state index contributed by atoms with van der Waals surface area (Å²) in [5, 5.41) is 25.4. The van der Waals surface area contributed by atoms with E-state index in [9.17, 15) is 29.4 Å². The van der Waals surface area contributed by atoms with Crippen LogP contribution in [0.3, 0.4) is 0 Å². The van der Waals surface area contributed by atoms with Crippen molar-refractivity contribution in [1.29, 1.82) is 0 Å². The van der Waals surface area contributed by atoms with Gasteiger partial charge in [0.2, 0.25) is 11.8 Å². The number of ether oxygens (including phenoxy) is 1. The number of aliphatic carboxylic acids is 1. The Hall–Kier alpha value is -2.62.